The number of anilines is 1. The van der Waals surface area contributed by atoms with E-state index in [0.717, 1.165) is 32.1 Å². The number of carbonyl (C=O) groups is 2. The second kappa shape index (κ2) is 4.81. The van der Waals surface area contributed by atoms with Crippen molar-refractivity contribution in [3.05, 3.63) is 29.8 Å². The van der Waals surface area contributed by atoms with Gasteiger partial charge < -0.3 is 9.84 Å². The molecule has 1 aliphatic heterocycles. The summed E-state index contributed by atoms with van der Waals surface area (Å²) in [5.74, 6) is -1.03. The smallest absolute Gasteiger partial charge is 0.414 e. The number of hydrogen-bond donors (Lipinski definition) is 1. The van der Waals surface area contributed by atoms with Gasteiger partial charge in [-0.15, -0.1) is 0 Å². The number of ether oxygens (including phenoxy) is 1. The number of para-hydroxylation sites is 1. The molecular weight excluding hydrogens is 258 g/mol. The predicted molar refractivity (Wildman–Crippen MR) is 73.0 cm³/mol. The molecule has 0 aromatic heterocycles. The lowest BCUT2D eigenvalue weighted by atomic mass is 9.95. The summed E-state index contributed by atoms with van der Waals surface area (Å²) in [6.07, 6.45) is 4.39. The summed E-state index contributed by atoms with van der Waals surface area (Å²) in [5.41, 5.74) is 0.246. The van der Waals surface area contributed by atoms with Crippen molar-refractivity contribution in [2.75, 3.05) is 11.4 Å². The number of rotatable bonds is 2. The number of carboxylic acids is 1. The Morgan fingerprint density at radius 1 is 1.20 bits per heavy atom. The Morgan fingerprint density at radius 2 is 1.90 bits per heavy atom. The molecule has 3 rings (SSSR count). The highest BCUT2D eigenvalue weighted by Gasteiger charge is 2.43. The number of aromatic carboxylic acids is 1. The minimum Gasteiger partial charge on any atom is -0.478 e. The van der Waals surface area contributed by atoms with Crippen LogP contribution in [0, 0.1) is 0 Å². The third-order valence-corrected chi connectivity index (χ3v) is 4.26. The summed E-state index contributed by atoms with van der Waals surface area (Å²) >= 11 is 0. The van der Waals surface area contributed by atoms with Crippen molar-refractivity contribution in [1.29, 1.82) is 0 Å². The van der Waals surface area contributed by atoms with Crippen LogP contribution in [0.5, 0.6) is 0 Å². The van der Waals surface area contributed by atoms with Crippen molar-refractivity contribution in [1.82, 2.24) is 0 Å². The van der Waals surface area contributed by atoms with E-state index in [-0.39, 0.29) is 11.2 Å². The zero-order valence-corrected chi connectivity index (χ0v) is 11.2. The molecule has 1 spiro atoms. The van der Waals surface area contributed by atoms with Gasteiger partial charge in [-0.25, -0.2) is 9.59 Å². The number of nitrogens with zero attached hydrogens (tertiary/aromatic N) is 1. The van der Waals surface area contributed by atoms with Gasteiger partial charge >= 0.3 is 12.1 Å². The molecule has 5 heteroatoms. The Balaban J connectivity index is 1.86. The molecule has 0 unspecified atom stereocenters. The highest BCUT2D eigenvalue weighted by Crippen LogP contribution is 2.40. The maximum atomic E-state index is 12.2. The molecule has 1 heterocycles. The molecule has 1 N–H and O–H groups in total. The Morgan fingerprint density at radius 3 is 2.55 bits per heavy atom. The molecule has 5 nitrogen and oxygen atoms in total. The van der Waals surface area contributed by atoms with Crippen LogP contribution >= 0.6 is 0 Å². The van der Waals surface area contributed by atoms with Crippen molar-refractivity contribution in [2.45, 2.75) is 37.7 Å². The summed E-state index contributed by atoms with van der Waals surface area (Å²) in [6.45, 7) is 0.517. The van der Waals surface area contributed by atoms with E-state index in [1.165, 1.54) is 11.0 Å². The summed E-state index contributed by atoms with van der Waals surface area (Å²) < 4.78 is 5.63. The molecule has 0 radical (unpaired) electrons. The van der Waals surface area contributed by atoms with Gasteiger partial charge in [0.25, 0.3) is 0 Å². The number of carbonyl (C=O) groups excluding carboxylic acids is 1. The lowest BCUT2D eigenvalue weighted by Crippen LogP contribution is -2.48. The lowest BCUT2D eigenvalue weighted by molar-refractivity contribution is 0.000529. The number of carboxylic acid groups (broad SMARTS) is 1. The monoisotopic (exact) mass is 275 g/mol. The van der Waals surface area contributed by atoms with Crippen LogP contribution in [0.15, 0.2) is 24.3 Å². The van der Waals surface area contributed by atoms with Crippen LogP contribution < -0.4 is 4.90 Å². The van der Waals surface area contributed by atoms with Crippen LogP contribution in [0.2, 0.25) is 0 Å². The van der Waals surface area contributed by atoms with Gasteiger partial charge in [-0.3, -0.25) is 4.90 Å². The van der Waals surface area contributed by atoms with Gasteiger partial charge in [-0.05, 0) is 37.8 Å². The molecule has 1 aromatic carbocycles. The van der Waals surface area contributed by atoms with E-state index in [4.69, 9.17) is 4.74 Å². The molecule has 2 aliphatic rings. The van der Waals surface area contributed by atoms with Gasteiger partial charge in [-0.1, -0.05) is 12.1 Å². The summed E-state index contributed by atoms with van der Waals surface area (Å²) in [6, 6.07) is 6.54. The molecule has 0 atom stereocenters. The molecule has 20 heavy (non-hydrogen) atoms. The first kappa shape index (κ1) is 13.0. The van der Waals surface area contributed by atoms with Gasteiger partial charge in [0.1, 0.15) is 5.60 Å². The first-order valence-electron chi connectivity index (χ1n) is 6.94. The minimum absolute atomic E-state index is 0.131. The zero-order chi connectivity index (χ0) is 14.2. The van der Waals surface area contributed by atoms with Crippen molar-refractivity contribution in [3.63, 3.8) is 0 Å². The standard InChI is InChI=1S/C15H17NO4/c17-13(18)11-5-1-2-6-12(11)16-10-9-15(20-14(16)19)7-3-4-8-15/h1-2,5-6H,3-4,7-10H2,(H,17,18). The second-order valence-electron chi connectivity index (χ2n) is 5.48. The van der Waals surface area contributed by atoms with Gasteiger partial charge in [0.05, 0.1) is 11.3 Å². The van der Waals surface area contributed by atoms with E-state index in [9.17, 15) is 14.7 Å². The van der Waals surface area contributed by atoms with Crippen LogP contribution in [0.25, 0.3) is 0 Å². The third-order valence-electron chi connectivity index (χ3n) is 4.26. The molecule has 2 fully saturated rings. The second-order valence-corrected chi connectivity index (χ2v) is 5.48. The van der Waals surface area contributed by atoms with E-state index in [2.05, 4.69) is 0 Å². The Labute approximate surface area is 117 Å². The van der Waals surface area contributed by atoms with Crippen LogP contribution in [-0.4, -0.2) is 29.3 Å². The highest BCUT2D eigenvalue weighted by atomic mass is 16.6. The molecule has 0 bridgehead atoms. The summed E-state index contributed by atoms with van der Waals surface area (Å²) in [7, 11) is 0. The zero-order valence-electron chi connectivity index (χ0n) is 11.2. The van der Waals surface area contributed by atoms with Gasteiger partial charge in [0.15, 0.2) is 0 Å². The minimum atomic E-state index is -1.03. The van der Waals surface area contributed by atoms with Crippen LogP contribution in [-0.2, 0) is 4.74 Å². The van der Waals surface area contributed by atoms with E-state index in [0.29, 0.717) is 12.2 Å². The van der Waals surface area contributed by atoms with Crippen LogP contribution in [0.4, 0.5) is 10.5 Å². The van der Waals surface area contributed by atoms with E-state index < -0.39 is 12.1 Å². The van der Waals surface area contributed by atoms with Crippen molar-refractivity contribution in [3.8, 4) is 0 Å². The van der Waals surface area contributed by atoms with E-state index in [1.54, 1.807) is 18.2 Å². The Kier molecular flexibility index (Phi) is 3.12. The first-order valence-corrected chi connectivity index (χ1v) is 6.94. The van der Waals surface area contributed by atoms with Gasteiger partial charge in [0, 0.05) is 13.0 Å². The Bertz CT molecular complexity index is 549. The van der Waals surface area contributed by atoms with Gasteiger partial charge in [-0.2, -0.15) is 0 Å². The molecule has 1 saturated carbocycles. The molecule has 1 aliphatic carbocycles. The molecule has 1 amide bonds. The predicted octanol–water partition coefficient (Wildman–Crippen LogP) is 3.04. The number of benzene rings is 1. The fourth-order valence-electron chi connectivity index (χ4n) is 3.18. The fourth-order valence-corrected chi connectivity index (χ4v) is 3.18. The SMILES string of the molecule is O=C(O)c1ccccc1N1CCC2(CCCC2)OC1=O. The number of amides is 1. The lowest BCUT2D eigenvalue weighted by Gasteiger charge is -2.39. The molecular formula is C15H17NO4. The molecule has 1 saturated heterocycles. The molecule has 106 valence electrons. The van der Waals surface area contributed by atoms with E-state index in [1.807, 2.05) is 0 Å². The average Bonchev–Trinajstić information content (AvgIpc) is 2.87. The topological polar surface area (TPSA) is 66.8 Å². The quantitative estimate of drug-likeness (QED) is 0.900. The van der Waals surface area contributed by atoms with Crippen molar-refractivity contribution in [2.24, 2.45) is 0 Å². The van der Waals surface area contributed by atoms with Crippen molar-refractivity contribution >= 4 is 17.7 Å². The Hall–Kier alpha value is -2.04. The third kappa shape index (κ3) is 2.13. The van der Waals surface area contributed by atoms with Crippen LogP contribution in [0.3, 0.4) is 0 Å². The highest BCUT2D eigenvalue weighted by molar-refractivity contribution is 6.00. The normalized spacial score (nSPS) is 21.0. The molecule has 1 aromatic rings. The summed E-state index contributed by atoms with van der Waals surface area (Å²) in [5, 5.41) is 9.21. The first-order chi connectivity index (χ1) is 9.61. The van der Waals surface area contributed by atoms with Crippen molar-refractivity contribution < 1.29 is 19.4 Å². The fraction of sp³-hybridized carbons (Fsp3) is 0.467. The number of hydrogen-bond acceptors (Lipinski definition) is 3. The van der Waals surface area contributed by atoms with E-state index >= 15 is 0 Å². The van der Waals surface area contributed by atoms with Gasteiger partial charge in [0.2, 0.25) is 0 Å². The maximum Gasteiger partial charge on any atom is 0.414 e. The average molecular weight is 275 g/mol. The largest absolute Gasteiger partial charge is 0.478 e. The summed E-state index contributed by atoms with van der Waals surface area (Å²) in [4.78, 5) is 24.9. The van der Waals surface area contributed by atoms with Crippen LogP contribution in [0.1, 0.15) is 42.5 Å². The maximum absolute atomic E-state index is 12.2.